The topological polar surface area (TPSA) is 35.8 Å². The molecule has 4 heteroatoms. The van der Waals surface area contributed by atoms with Crippen LogP contribution in [-0.4, -0.2) is 25.4 Å². The minimum atomic E-state index is 0. The molecule has 3 nitrogen and oxygen atoms in total. The van der Waals surface area contributed by atoms with Crippen LogP contribution in [0.4, 0.5) is 11.4 Å². The normalized spacial score (nSPS) is 10.2. The molecule has 2 aromatic rings. The third-order valence-electron chi connectivity index (χ3n) is 2.66. The molecule has 2 rings (SSSR count). The molecule has 0 saturated carbocycles. The maximum absolute atomic E-state index is 9.61. The number of rotatable bonds is 3. The molecule has 0 unspecified atom stereocenters. The molecule has 19 heavy (non-hydrogen) atoms. The molecule has 0 heterocycles. The molecule has 0 aliphatic heterocycles. The van der Waals surface area contributed by atoms with E-state index in [1.54, 1.807) is 18.3 Å². The Hall–Kier alpha value is -1.78. The van der Waals surface area contributed by atoms with Crippen LogP contribution in [-0.2, 0) is 16.8 Å². The zero-order valence-corrected chi connectivity index (χ0v) is 11.9. The van der Waals surface area contributed by atoms with Crippen molar-refractivity contribution in [1.29, 1.82) is 0 Å². The van der Waals surface area contributed by atoms with Gasteiger partial charge in [-0.1, -0.05) is 12.1 Å². The van der Waals surface area contributed by atoms with Gasteiger partial charge in [0, 0.05) is 48.3 Å². The molecule has 0 aliphatic rings. The molecule has 0 aliphatic carbocycles. The Morgan fingerprint density at radius 3 is 2.21 bits per heavy atom. The molecule has 0 spiro atoms. The summed E-state index contributed by atoms with van der Waals surface area (Å²) in [5.74, 6) is 0.242. The van der Waals surface area contributed by atoms with Gasteiger partial charge in [-0.25, -0.2) is 0 Å². The van der Waals surface area contributed by atoms with E-state index in [1.165, 1.54) is 0 Å². The van der Waals surface area contributed by atoms with Crippen LogP contribution >= 0.6 is 0 Å². The van der Waals surface area contributed by atoms with Gasteiger partial charge in [-0.15, -0.1) is 0 Å². The first-order valence-corrected chi connectivity index (χ1v) is 5.76. The molecular weight excluding hydrogens is 283 g/mol. The second-order valence-electron chi connectivity index (χ2n) is 4.23. The number of para-hydroxylation sites is 1. The Balaban J connectivity index is 0.00000180. The fourth-order valence-electron chi connectivity index (χ4n) is 1.58. The Kier molecular flexibility index (Phi) is 5.60. The van der Waals surface area contributed by atoms with Crippen molar-refractivity contribution in [2.24, 2.45) is 4.99 Å². The van der Waals surface area contributed by atoms with Gasteiger partial charge in [0.1, 0.15) is 5.75 Å². The van der Waals surface area contributed by atoms with Crippen molar-refractivity contribution in [2.75, 3.05) is 19.0 Å². The van der Waals surface area contributed by atoms with E-state index in [4.69, 9.17) is 0 Å². The number of hydrogen-bond donors (Lipinski definition) is 1. The summed E-state index contributed by atoms with van der Waals surface area (Å²) in [5.41, 5.74) is 2.72. The summed E-state index contributed by atoms with van der Waals surface area (Å²) in [5, 5.41) is 9.61. The van der Waals surface area contributed by atoms with Crippen LogP contribution in [0.3, 0.4) is 0 Å². The summed E-state index contributed by atoms with van der Waals surface area (Å²) in [6.07, 6.45) is 1.67. The van der Waals surface area contributed by atoms with Crippen LogP contribution in [0.2, 0.25) is 0 Å². The number of hydrogen-bond acceptors (Lipinski definition) is 3. The predicted molar refractivity (Wildman–Crippen MR) is 76.1 cm³/mol. The van der Waals surface area contributed by atoms with Gasteiger partial charge < -0.3 is 10.0 Å². The number of benzene rings is 2. The average molecular weight is 299 g/mol. The van der Waals surface area contributed by atoms with Gasteiger partial charge in [0.05, 0.1) is 5.69 Å². The summed E-state index contributed by atoms with van der Waals surface area (Å²) >= 11 is 0. The van der Waals surface area contributed by atoms with Crippen molar-refractivity contribution in [3.63, 3.8) is 0 Å². The van der Waals surface area contributed by atoms with Gasteiger partial charge in [-0.3, -0.25) is 4.99 Å². The number of aromatic hydroxyl groups is 1. The fraction of sp³-hybridized carbons (Fsp3) is 0.133. The van der Waals surface area contributed by atoms with Crippen molar-refractivity contribution in [1.82, 2.24) is 0 Å². The van der Waals surface area contributed by atoms with Gasteiger partial charge >= 0.3 is 0 Å². The molecule has 0 amide bonds. The van der Waals surface area contributed by atoms with Gasteiger partial charge in [-0.2, -0.15) is 0 Å². The third kappa shape index (κ3) is 4.12. The van der Waals surface area contributed by atoms with Gasteiger partial charge in [0.2, 0.25) is 0 Å². The van der Waals surface area contributed by atoms with Crippen LogP contribution in [0.25, 0.3) is 0 Å². The van der Waals surface area contributed by atoms with E-state index in [0.717, 1.165) is 11.4 Å². The molecule has 0 saturated heterocycles. The first-order valence-electron chi connectivity index (χ1n) is 5.76. The number of phenols is 1. The van der Waals surface area contributed by atoms with E-state index >= 15 is 0 Å². The zero-order chi connectivity index (χ0) is 13.0. The molecule has 101 valence electrons. The van der Waals surface area contributed by atoms with Crippen LogP contribution < -0.4 is 4.90 Å². The molecule has 0 fully saturated rings. The van der Waals surface area contributed by atoms with Gasteiger partial charge in [-0.05, 0) is 36.4 Å². The number of phenolic OH excluding ortho intramolecular Hbond substituents is 1. The molecule has 2 aromatic carbocycles. The quantitative estimate of drug-likeness (QED) is 0.883. The molecule has 0 bridgehead atoms. The minimum absolute atomic E-state index is 0. The molecule has 0 atom stereocenters. The SMILES string of the molecule is CN(C)c1ccc(N=Cc2ccccc2O)cc1.[Co]. The van der Waals surface area contributed by atoms with E-state index < -0.39 is 0 Å². The zero-order valence-electron chi connectivity index (χ0n) is 10.9. The van der Waals surface area contributed by atoms with Crippen molar-refractivity contribution >= 4 is 17.6 Å². The second kappa shape index (κ2) is 6.97. The van der Waals surface area contributed by atoms with Crippen molar-refractivity contribution in [3.8, 4) is 5.75 Å². The van der Waals surface area contributed by atoms with Gasteiger partial charge in [0.25, 0.3) is 0 Å². The van der Waals surface area contributed by atoms with Crippen LogP contribution in [0.15, 0.2) is 53.5 Å². The smallest absolute Gasteiger partial charge is 0.124 e. The molecule has 0 aromatic heterocycles. The first kappa shape index (κ1) is 15.3. The van der Waals surface area contributed by atoms with E-state index in [1.807, 2.05) is 55.4 Å². The van der Waals surface area contributed by atoms with Crippen LogP contribution in [0.5, 0.6) is 5.75 Å². The maximum atomic E-state index is 9.61. The standard InChI is InChI=1S/C15H16N2O.Co/c1-17(2)14-9-7-13(8-10-14)16-11-12-5-3-4-6-15(12)18;/h3-11,18H,1-2H3;. The second-order valence-corrected chi connectivity index (χ2v) is 4.23. The maximum Gasteiger partial charge on any atom is 0.124 e. The summed E-state index contributed by atoms with van der Waals surface area (Å²) in [7, 11) is 4.00. The Bertz CT molecular complexity index is 550. The first-order chi connectivity index (χ1) is 8.66. The minimum Gasteiger partial charge on any atom is -0.507 e. The van der Waals surface area contributed by atoms with E-state index in [-0.39, 0.29) is 22.5 Å². The monoisotopic (exact) mass is 299 g/mol. The van der Waals surface area contributed by atoms with Crippen LogP contribution in [0, 0.1) is 0 Å². The summed E-state index contributed by atoms with van der Waals surface area (Å²) in [6.45, 7) is 0. The summed E-state index contributed by atoms with van der Waals surface area (Å²) in [6, 6.07) is 15.1. The Labute approximate surface area is 123 Å². The van der Waals surface area contributed by atoms with Gasteiger partial charge in [0.15, 0.2) is 0 Å². The molecule has 1 radical (unpaired) electrons. The van der Waals surface area contributed by atoms with Crippen LogP contribution in [0.1, 0.15) is 5.56 Å². The molecular formula is C15H16CoN2O. The van der Waals surface area contributed by atoms with Crippen molar-refractivity contribution in [3.05, 3.63) is 54.1 Å². The third-order valence-corrected chi connectivity index (χ3v) is 2.66. The average Bonchev–Trinajstić information content (AvgIpc) is 2.38. The number of nitrogens with zero attached hydrogens (tertiary/aromatic N) is 2. The molecule has 1 N–H and O–H groups in total. The van der Waals surface area contributed by atoms with E-state index in [9.17, 15) is 5.11 Å². The Morgan fingerprint density at radius 1 is 1.00 bits per heavy atom. The van der Waals surface area contributed by atoms with E-state index in [0.29, 0.717) is 5.56 Å². The van der Waals surface area contributed by atoms with Crippen molar-refractivity contribution < 1.29 is 21.9 Å². The van der Waals surface area contributed by atoms with E-state index in [2.05, 4.69) is 4.99 Å². The number of aliphatic imine (C=N–C) groups is 1. The largest absolute Gasteiger partial charge is 0.507 e. The number of anilines is 1. The van der Waals surface area contributed by atoms with Crippen molar-refractivity contribution in [2.45, 2.75) is 0 Å². The fourth-order valence-corrected chi connectivity index (χ4v) is 1.58. The summed E-state index contributed by atoms with van der Waals surface area (Å²) in [4.78, 5) is 6.37. The predicted octanol–water partition coefficient (Wildman–Crippen LogP) is 3.21. The Morgan fingerprint density at radius 2 is 1.63 bits per heavy atom. The summed E-state index contributed by atoms with van der Waals surface area (Å²) < 4.78 is 0.